The monoisotopic (exact) mass is 441 g/mol. The number of rotatable bonds is 5. The average molecular weight is 442 g/mol. The van der Waals surface area contributed by atoms with Gasteiger partial charge in [-0.05, 0) is 56.2 Å². The maximum atomic E-state index is 13.1. The molecule has 6 heteroatoms. The number of hydrogen-bond acceptors (Lipinski definition) is 2. The van der Waals surface area contributed by atoms with Crippen LogP contribution in [0, 0.1) is 5.92 Å². The Labute approximate surface area is 189 Å². The van der Waals surface area contributed by atoms with E-state index in [1.807, 2.05) is 23.1 Å². The van der Waals surface area contributed by atoms with Crippen LogP contribution in [0.25, 0.3) is 10.9 Å². The summed E-state index contributed by atoms with van der Waals surface area (Å²) in [5, 5.41) is 1.71. The number of likely N-dealkylation sites (tertiary alicyclic amines) is 1. The van der Waals surface area contributed by atoms with Gasteiger partial charge in [-0.25, -0.2) is 0 Å². The first kappa shape index (κ1) is 20.9. The van der Waals surface area contributed by atoms with Crippen LogP contribution in [0.1, 0.15) is 64.2 Å². The van der Waals surface area contributed by atoms with E-state index in [0.717, 1.165) is 55.5 Å². The van der Waals surface area contributed by atoms with E-state index in [0.29, 0.717) is 29.7 Å². The van der Waals surface area contributed by atoms with E-state index < -0.39 is 0 Å². The van der Waals surface area contributed by atoms with Crippen LogP contribution < -0.4 is 4.90 Å². The highest BCUT2D eigenvalue weighted by atomic mass is 35.5. The Morgan fingerprint density at radius 3 is 2.65 bits per heavy atom. The smallest absolute Gasteiger partial charge is 0.227 e. The van der Waals surface area contributed by atoms with Crippen LogP contribution in [-0.2, 0) is 16.1 Å². The fourth-order valence-corrected chi connectivity index (χ4v) is 6.03. The van der Waals surface area contributed by atoms with Crippen LogP contribution in [0.3, 0.4) is 0 Å². The van der Waals surface area contributed by atoms with Gasteiger partial charge in [0.25, 0.3) is 0 Å². The van der Waals surface area contributed by atoms with Gasteiger partial charge in [0.2, 0.25) is 11.8 Å². The molecule has 1 atom stereocenters. The number of amides is 2. The number of carbonyl (C=O) groups excluding carboxylic acids is 2. The molecule has 1 saturated carbocycles. The fraction of sp³-hybridized carbons (Fsp3) is 0.600. The number of halogens is 1. The van der Waals surface area contributed by atoms with Crippen molar-refractivity contribution in [3.63, 3.8) is 0 Å². The average Bonchev–Trinajstić information content (AvgIpc) is 3.48. The van der Waals surface area contributed by atoms with Gasteiger partial charge in [-0.15, -0.1) is 0 Å². The Morgan fingerprint density at radius 2 is 1.87 bits per heavy atom. The van der Waals surface area contributed by atoms with E-state index >= 15 is 0 Å². The van der Waals surface area contributed by atoms with Gasteiger partial charge in [-0.1, -0.05) is 30.9 Å². The predicted octanol–water partition coefficient (Wildman–Crippen LogP) is 5.38. The molecular weight excluding hydrogens is 410 g/mol. The van der Waals surface area contributed by atoms with Gasteiger partial charge in [0, 0.05) is 55.1 Å². The molecule has 0 N–H and O–H groups in total. The number of nitrogens with zero attached hydrogens (tertiary/aromatic N) is 3. The molecule has 2 saturated heterocycles. The minimum atomic E-state index is 0.184. The Balaban J connectivity index is 1.38. The first-order chi connectivity index (χ1) is 15.1. The first-order valence-electron chi connectivity index (χ1n) is 12.0. The number of aromatic nitrogens is 1. The zero-order chi connectivity index (χ0) is 21.4. The summed E-state index contributed by atoms with van der Waals surface area (Å²) in [6, 6.07) is 6.15. The highest BCUT2D eigenvalue weighted by molar-refractivity contribution is 6.31. The molecule has 0 radical (unpaired) electrons. The van der Waals surface area contributed by atoms with E-state index in [4.69, 9.17) is 11.6 Å². The molecule has 3 fully saturated rings. The molecule has 0 bridgehead atoms. The number of benzene rings is 1. The predicted molar refractivity (Wildman–Crippen MR) is 124 cm³/mol. The zero-order valence-corrected chi connectivity index (χ0v) is 18.9. The van der Waals surface area contributed by atoms with Crippen LogP contribution >= 0.6 is 11.6 Å². The van der Waals surface area contributed by atoms with Crippen LogP contribution in [0.4, 0.5) is 5.69 Å². The standard InChI is InChI=1S/C25H32ClN3O2/c26-19-10-11-22-21(15-19)23(29-13-5-9-24(29)30)17-27(22)16-20-8-4-12-28(20)25(31)14-18-6-2-1-3-7-18/h10-11,15,17-18,20H,1-9,12-14,16H2/t20-/m0/s1. The molecule has 2 amide bonds. The van der Waals surface area contributed by atoms with Gasteiger partial charge in [-0.3, -0.25) is 9.59 Å². The number of fused-ring (bicyclic) bond motifs is 1. The van der Waals surface area contributed by atoms with E-state index in [1.165, 1.54) is 32.1 Å². The van der Waals surface area contributed by atoms with Crippen LogP contribution in [-0.4, -0.2) is 40.4 Å². The zero-order valence-electron chi connectivity index (χ0n) is 18.2. The Hall–Kier alpha value is -2.01. The van der Waals surface area contributed by atoms with Gasteiger partial charge >= 0.3 is 0 Å². The summed E-state index contributed by atoms with van der Waals surface area (Å²) in [7, 11) is 0. The van der Waals surface area contributed by atoms with Crippen molar-refractivity contribution >= 4 is 40.0 Å². The summed E-state index contributed by atoms with van der Waals surface area (Å²) in [6.45, 7) is 2.41. The molecule has 31 heavy (non-hydrogen) atoms. The van der Waals surface area contributed by atoms with Crippen LogP contribution in [0.2, 0.25) is 5.02 Å². The van der Waals surface area contributed by atoms with Gasteiger partial charge in [-0.2, -0.15) is 0 Å². The topological polar surface area (TPSA) is 45.6 Å². The quantitative estimate of drug-likeness (QED) is 0.625. The first-order valence-corrected chi connectivity index (χ1v) is 12.4. The van der Waals surface area contributed by atoms with Gasteiger partial charge in [0.05, 0.1) is 11.2 Å². The maximum Gasteiger partial charge on any atom is 0.227 e. The summed E-state index contributed by atoms with van der Waals surface area (Å²) in [5.41, 5.74) is 2.05. The third-order valence-corrected chi connectivity index (χ3v) is 7.71. The second-order valence-corrected chi connectivity index (χ2v) is 10.0. The van der Waals surface area contributed by atoms with Crippen LogP contribution in [0.5, 0.6) is 0 Å². The minimum absolute atomic E-state index is 0.184. The molecule has 1 aliphatic carbocycles. The molecule has 5 nitrogen and oxygen atoms in total. The van der Waals surface area contributed by atoms with E-state index in [9.17, 15) is 9.59 Å². The number of hydrogen-bond donors (Lipinski definition) is 0. The molecule has 0 unspecified atom stereocenters. The van der Waals surface area contributed by atoms with Crippen molar-refractivity contribution in [2.24, 2.45) is 5.92 Å². The molecule has 166 valence electrons. The van der Waals surface area contributed by atoms with Crippen molar-refractivity contribution < 1.29 is 9.59 Å². The van der Waals surface area contributed by atoms with Crippen molar-refractivity contribution in [1.82, 2.24) is 9.47 Å². The van der Waals surface area contributed by atoms with Crippen molar-refractivity contribution in [2.75, 3.05) is 18.0 Å². The molecule has 3 heterocycles. The van der Waals surface area contributed by atoms with Crippen LogP contribution in [0.15, 0.2) is 24.4 Å². The summed E-state index contributed by atoms with van der Waals surface area (Å²) in [6.07, 6.45) is 12.7. The Kier molecular flexibility index (Phi) is 5.96. The lowest BCUT2D eigenvalue weighted by Crippen LogP contribution is -2.39. The SMILES string of the molecule is O=C1CCCN1c1cn(C[C@@H]2CCCN2C(=O)CC2CCCCC2)c2ccc(Cl)cc12. The molecule has 1 aromatic carbocycles. The van der Waals surface area contributed by atoms with Crippen molar-refractivity contribution in [3.05, 3.63) is 29.4 Å². The largest absolute Gasteiger partial charge is 0.343 e. The molecule has 2 aliphatic heterocycles. The van der Waals surface area contributed by atoms with Crippen molar-refractivity contribution in [2.45, 2.75) is 76.8 Å². The molecule has 3 aliphatic rings. The van der Waals surface area contributed by atoms with Gasteiger partial charge in [0.15, 0.2) is 0 Å². The molecular formula is C25H32ClN3O2. The fourth-order valence-electron chi connectivity index (χ4n) is 5.86. The Bertz CT molecular complexity index is 979. The summed E-state index contributed by atoms with van der Waals surface area (Å²) < 4.78 is 2.24. The summed E-state index contributed by atoms with van der Waals surface area (Å²) in [5.74, 6) is 1.10. The maximum absolute atomic E-state index is 13.1. The second kappa shape index (κ2) is 8.85. The lowest BCUT2D eigenvalue weighted by atomic mass is 9.86. The molecule has 1 aromatic heterocycles. The van der Waals surface area contributed by atoms with E-state index in [1.54, 1.807) is 0 Å². The third kappa shape index (κ3) is 4.21. The molecule has 5 rings (SSSR count). The van der Waals surface area contributed by atoms with Crippen molar-refractivity contribution in [1.29, 1.82) is 0 Å². The highest BCUT2D eigenvalue weighted by Gasteiger charge is 2.32. The molecule has 2 aromatic rings. The van der Waals surface area contributed by atoms with Gasteiger partial charge in [0.1, 0.15) is 0 Å². The minimum Gasteiger partial charge on any atom is -0.343 e. The molecule has 0 spiro atoms. The number of anilines is 1. The van der Waals surface area contributed by atoms with E-state index in [-0.39, 0.29) is 11.9 Å². The van der Waals surface area contributed by atoms with Crippen molar-refractivity contribution in [3.8, 4) is 0 Å². The Morgan fingerprint density at radius 1 is 1.03 bits per heavy atom. The number of carbonyl (C=O) groups is 2. The highest BCUT2D eigenvalue weighted by Crippen LogP contribution is 2.35. The lowest BCUT2D eigenvalue weighted by Gasteiger charge is -2.28. The van der Waals surface area contributed by atoms with E-state index in [2.05, 4.69) is 15.7 Å². The third-order valence-electron chi connectivity index (χ3n) is 7.48. The van der Waals surface area contributed by atoms with Gasteiger partial charge < -0.3 is 14.4 Å². The second-order valence-electron chi connectivity index (χ2n) is 9.57. The summed E-state index contributed by atoms with van der Waals surface area (Å²) in [4.78, 5) is 29.6. The lowest BCUT2D eigenvalue weighted by molar-refractivity contribution is -0.133. The summed E-state index contributed by atoms with van der Waals surface area (Å²) >= 11 is 6.30. The normalized spacial score (nSPS) is 22.7.